The maximum Gasteiger partial charge on any atom is 0.206 e. The van der Waals surface area contributed by atoms with Crippen molar-refractivity contribution in [3.63, 3.8) is 0 Å². The van der Waals surface area contributed by atoms with Crippen LogP contribution in [0.5, 0.6) is 23.0 Å². The second-order valence-electron chi connectivity index (χ2n) is 7.63. The highest BCUT2D eigenvalue weighted by Crippen LogP contribution is 2.26. The summed E-state index contributed by atoms with van der Waals surface area (Å²) < 4.78 is 61.8. The van der Waals surface area contributed by atoms with Gasteiger partial charge in [0.25, 0.3) is 0 Å². The molecule has 2 N–H and O–H groups in total. The van der Waals surface area contributed by atoms with E-state index in [1.807, 2.05) is 0 Å². The van der Waals surface area contributed by atoms with Crippen LogP contribution in [-0.2, 0) is 19.7 Å². The summed E-state index contributed by atoms with van der Waals surface area (Å²) in [5.74, 6) is 0.877. The molecular weight excluding hydrogens is 504 g/mol. The van der Waals surface area contributed by atoms with E-state index in [4.69, 9.17) is 9.47 Å². The van der Waals surface area contributed by atoms with Crippen molar-refractivity contribution in [3.8, 4) is 23.0 Å². The van der Waals surface area contributed by atoms with E-state index in [0.29, 0.717) is 11.5 Å². The molecule has 0 heterocycles. The van der Waals surface area contributed by atoms with Gasteiger partial charge in [-0.3, -0.25) is 0 Å². The third-order valence-electron chi connectivity index (χ3n) is 5.18. The molecule has 0 bridgehead atoms. The van der Waals surface area contributed by atoms with E-state index in [1.165, 1.54) is 97.1 Å². The van der Waals surface area contributed by atoms with Crippen LogP contribution in [0.4, 0.5) is 0 Å². The van der Waals surface area contributed by atoms with Crippen LogP contribution in [-0.4, -0.2) is 40.3 Å². The van der Waals surface area contributed by atoms with Crippen molar-refractivity contribution >= 4 is 19.7 Å². The Labute approximate surface area is 208 Å². The molecule has 0 saturated heterocycles. The monoisotopic (exact) mass is 526 g/mol. The minimum atomic E-state index is -3.71. The van der Waals surface area contributed by atoms with Crippen molar-refractivity contribution in [2.24, 2.45) is 0 Å². The van der Waals surface area contributed by atoms with Crippen LogP contribution < -0.4 is 9.47 Å². The molecule has 0 aromatic heterocycles. The highest BCUT2D eigenvalue weighted by atomic mass is 32.2. The fraction of sp³-hybridized carbons (Fsp3) is 0.0769. The SMILES string of the molecule is O=S(=O)(c1ccc(O)cc1)c1ccc(OCCOc2ccc(S(=O)(=O)c3ccc(O)cc3)cc2)cc1. The molecule has 0 fully saturated rings. The minimum absolute atomic E-state index is 0.0185. The van der Waals surface area contributed by atoms with E-state index in [0.717, 1.165) is 0 Å². The van der Waals surface area contributed by atoms with Crippen LogP contribution in [0.1, 0.15) is 0 Å². The summed E-state index contributed by atoms with van der Waals surface area (Å²) in [5.41, 5.74) is 0. The van der Waals surface area contributed by atoms with Gasteiger partial charge in [0.15, 0.2) is 0 Å². The van der Waals surface area contributed by atoms with E-state index in [9.17, 15) is 27.0 Å². The normalized spacial score (nSPS) is 11.7. The van der Waals surface area contributed by atoms with E-state index in [-0.39, 0.29) is 44.3 Å². The van der Waals surface area contributed by atoms with Gasteiger partial charge < -0.3 is 19.7 Å². The smallest absolute Gasteiger partial charge is 0.206 e. The Morgan fingerprint density at radius 2 is 0.694 bits per heavy atom. The topological polar surface area (TPSA) is 127 Å². The molecular formula is C26H22O8S2. The number of rotatable bonds is 9. The van der Waals surface area contributed by atoms with Crippen LogP contribution in [0.25, 0.3) is 0 Å². The number of sulfone groups is 2. The highest BCUT2D eigenvalue weighted by Gasteiger charge is 2.18. The predicted molar refractivity (Wildman–Crippen MR) is 131 cm³/mol. The van der Waals surface area contributed by atoms with Crippen molar-refractivity contribution in [2.75, 3.05) is 13.2 Å². The number of hydrogen-bond acceptors (Lipinski definition) is 8. The fourth-order valence-corrected chi connectivity index (χ4v) is 5.79. The van der Waals surface area contributed by atoms with Gasteiger partial charge in [-0.25, -0.2) is 16.8 Å². The van der Waals surface area contributed by atoms with Gasteiger partial charge in [-0.05, 0) is 97.1 Å². The zero-order chi connectivity index (χ0) is 25.8. The number of phenols is 2. The Bertz CT molecular complexity index is 1410. The molecule has 4 aromatic carbocycles. The molecule has 186 valence electrons. The van der Waals surface area contributed by atoms with Crippen molar-refractivity contribution in [1.82, 2.24) is 0 Å². The number of ether oxygens (including phenoxy) is 2. The third kappa shape index (κ3) is 5.61. The fourth-order valence-electron chi connectivity index (χ4n) is 3.27. The van der Waals surface area contributed by atoms with Crippen LogP contribution in [0.2, 0.25) is 0 Å². The number of benzene rings is 4. The Balaban J connectivity index is 1.30. The summed E-state index contributed by atoms with van der Waals surface area (Å²) in [5, 5.41) is 18.7. The Morgan fingerprint density at radius 1 is 0.444 bits per heavy atom. The van der Waals surface area contributed by atoms with Gasteiger partial charge in [-0.2, -0.15) is 0 Å². The zero-order valence-electron chi connectivity index (χ0n) is 18.8. The lowest BCUT2D eigenvalue weighted by Crippen LogP contribution is -2.09. The zero-order valence-corrected chi connectivity index (χ0v) is 20.4. The first-order valence-corrected chi connectivity index (χ1v) is 13.7. The van der Waals surface area contributed by atoms with Crippen LogP contribution in [0, 0.1) is 0 Å². The highest BCUT2D eigenvalue weighted by molar-refractivity contribution is 7.91. The largest absolute Gasteiger partial charge is 0.508 e. The van der Waals surface area contributed by atoms with Gasteiger partial charge in [-0.15, -0.1) is 0 Å². The van der Waals surface area contributed by atoms with Crippen molar-refractivity contribution in [2.45, 2.75) is 19.6 Å². The second-order valence-corrected chi connectivity index (χ2v) is 11.5. The molecule has 0 amide bonds. The van der Waals surface area contributed by atoms with E-state index in [2.05, 4.69) is 0 Å². The minimum Gasteiger partial charge on any atom is -0.508 e. The standard InChI is InChI=1S/C26H22O8S2/c27-19-1-9-23(10-2-19)35(29,30)25-13-5-21(6-14-25)33-17-18-34-22-7-15-26(16-8-22)36(31,32)24-11-3-20(28)4-12-24/h1-16,27-28H,17-18H2. The van der Waals surface area contributed by atoms with Crippen LogP contribution in [0.15, 0.2) is 117 Å². The van der Waals surface area contributed by atoms with Gasteiger partial charge in [0.05, 0.1) is 19.6 Å². The summed E-state index contributed by atoms with van der Waals surface area (Å²) in [7, 11) is -7.43. The quantitative estimate of drug-likeness (QED) is 0.310. The molecule has 0 aliphatic heterocycles. The average Bonchev–Trinajstić information content (AvgIpc) is 2.88. The molecule has 36 heavy (non-hydrogen) atoms. The van der Waals surface area contributed by atoms with Gasteiger partial charge >= 0.3 is 0 Å². The first-order valence-electron chi connectivity index (χ1n) is 10.7. The molecule has 0 spiro atoms. The summed E-state index contributed by atoms with van der Waals surface area (Å²) >= 11 is 0. The molecule has 0 unspecified atom stereocenters. The molecule has 4 aromatic rings. The van der Waals surface area contributed by atoms with Gasteiger partial charge in [0, 0.05) is 0 Å². The summed E-state index contributed by atoms with van der Waals surface area (Å²) in [4.78, 5) is 0.340. The first-order chi connectivity index (χ1) is 17.2. The Morgan fingerprint density at radius 3 is 0.972 bits per heavy atom. The van der Waals surface area contributed by atoms with Crippen molar-refractivity contribution in [1.29, 1.82) is 0 Å². The molecule has 0 aliphatic carbocycles. The summed E-state index contributed by atoms with van der Waals surface area (Å²) in [6.07, 6.45) is 0. The lowest BCUT2D eigenvalue weighted by Gasteiger charge is -2.10. The summed E-state index contributed by atoms with van der Waals surface area (Å²) in [6, 6.07) is 22.5. The maximum absolute atomic E-state index is 12.7. The predicted octanol–water partition coefficient (Wildman–Crippen LogP) is 4.22. The van der Waals surface area contributed by atoms with Gasteiger partial charge in [0.2, 0.25) is 19.7 Å². The number of phenolic OH excluding ortho intramolecular Hbond substituents is 2. The molecule has 0 radical (unpaired) electrons. The molecule has 4 rings (SSSR count). The van der Waals surface area contributed by atoms with Crippen molar-refractivity contribution < 1.29 is 36.5 Å². The average molecular weight is 527 g/mol. The molecule has 10 heteroatoms. The van der Waals surface area contributed by atoms with E-state index < -0.39 is 19.7 Å². The van der Waals surface area contributed by atoms with Crippen LogP contribution in [0.3, 0.4) is 0 Å². The number of aromatic hydroxyl groups is 2. The van der Waals surface area contributed by atoms with Crippen molar-refractivity contribution in [3.05, 3.63) is 97.1 Å². The van der Waals surface area contributed by atoms with Gasteiger partial charge in [-0.1, -0.05) is 0 Å². The molecule has 0 saturated carbocycles. The Hall–Kier alpha value is -4.02. The van der Waals surface area contributed by atoms with Gasteiger partial charge in [0.1, 0.15) is 36.2 Å². The molecule has 0 atom stereocenters. The summed E-state index contributed by atoms with van der Waals surface area (Å²) in [6.45, 7) is 0.356. The van der Waals surface area contributed by atoms with E-state index in [1.54, 1.807) is 0 Å². The molecule has 8 nitrogen and oxygen atoms in total. The van der Waals surface area contributed by atoms with Crippen LogP contribution >= 0.6 is 0 Å². The first kappa shape index (κ1) is 25.1. The third-order valence-corrected chi connectivity index (χ3v) is 8.75. The maximum atomic E-state index is 12.7. The lowest BCUT2D eigenvalue weighted by molar-refractivity contribution is 0.217. The van der Waals surface area contributed by atoms with E-state index >= 15 is 0 Å². The number of hydrogen-bond donors (Lipinski definition) is 2. The molecule has 0 aliphatic rings. The Kier molecular flexibility index (Phi) is 7.18. The lowest BCUT2D eigenvalue weighted by atomic mass is 10.3. The second kappa shape index (κ2) is 10.3.